The second-order valence-corrected chi connectivity index (χ2v) is 9.32. The van der Waals surface area contributed by atoms with Gasteiger partial charge in [-0.15, -0.1) is 0 Å². The Bertz CT molecular complexity index is 1410. The van der Waals surface area contributed by atoms with Gasteiger partial charge in [0.2, 0.25) is 5.89 Å². The number of aromatic carboxylic acids is 1. The van der Waals surface area contributed by atoms with Crippen LogP contribution in [0.25, 0.3) is 11.5 Å². The SMILES string of the molecule is CCC(C)Oc1cc(C)c(C(=O)O)c(OCc2ccc(OCCc3nc(-c4ccc(F)cc4)oc3C)cc2)c1. The summed E-state index contributed by atoms with van der Waals surface area (Å²) in [6.45, 7) is 8.15. The van der Waals surface area contributed by atoms with E-state index in [1.54, 1.807) is 31.2 Å². The summed E-state index contributed by atoms with van der Waals surface area (Å²) in [5, 5.41) is 9.69. The molecule has 1 aromatic heterocycles. The van der Waals surface area contributed by atoms with Crippen molar-refractivity contribution in [2.24, 2.45) is 0 Å². The topological polar surface area (TPSA) is 91.0 Å². The van der Waals surface area contributed by atoms with Gasteiger partial charge in [-0.05, 0) is 80.8 Å². The molecule has 7 nitrogen and oxygen atoms in total. The number of oxazole rings is 1. The van der Waals surface area contributed by atoms with E-state index in [9.17, 15) is 14.3 Å². The molecule has 0 aliphatic heterocycles. The largest absolute Gasteiger partial charge is 0.493 e. The van der Waals surface area contributed by atoms with Gasteiger partial charge in [0.15, 0.2) is 0 Å². The lowest BCUT2D eigenvalue weighted by Crippen LogP contribution is -2.11. The number of aryl methyl sites for hydroxylation is 2. The van der Waals surface area contributed by atoms with Crippen molar-refractivity contribution in [1.29, 1.82) is 0 Å². The Balaban J connectivity index is 1.34. The van der Waals surface area contributed by atoms with E-state index in [0.717, 1.165) is 17.7 Å². The van der Waals surface area contributed by atoms with E-state index in [0.29, 0.717) is 47.3 Å². The summed E-state index contributed by atoms with van der Waals surface area (Å²) in [7, 11) is 0. The van der Waals surface area contributed by atoms with E-state index in [1.165, 1.54) is 12.1 Å². The van der Waals surface area contributed by atoms with Gasteiger partial charge in [-0.1, -0.05) is 19.1 Å². The molecule has 4 aromatic rings. The highest BCUT2D eigenvalue weighted by atomic mass is 19.1. The fourth-order valence-corrected chi connectivity index (χ4v) is 3.98. The molecule has 0 amide bonds. The van der Waals surface area contributed by atoms with Gasteiger partial charge in [0, 0.05) is 18.1 Å². The molecule has 0 aliphatic rings. The van der Waals surface area contributed by atoms with Gasteiger partial charge in [-0.3, -0.25) is 0 Å². The molecule has 0 aliphatic carbocycles. The van der Waals surface area contributed by atoms with Gasteiger partial charge in [0.25, 0.3) is 0 Å². The number of hydrogen-bond donors (Lipinski definition) is 1. The average molecular weight is 534 g/mol. The molecule has 0 fully saturated rings. The number of carboxylic acids is 1. The number of carboxylic acid groups (broad SMARTS) is 1. The molecule has 1 heterocycles. The van der Waals surface area contributed by atoms with Crippen LogP contribution in [0.5, 0.6) is 17.2 Å². The number of hydrogen-bond acceptors (Lipinski definition) is 6. The molecule has 1 unspecified atom stereocenters. The first-order chi connectivity index (χ1) is 18.7. The quantitative estimate of drug-likeness (QED) is 0.206. The summed E-state index contributed by atoms with van der Waals surface area (Å²) in [6, 6.07) is 16.8. The highest BCUT2D eigenvalue weighted by Crippen LogP contribution is 2.30. The van der Waals surface area contributed by atoms with E-state index < -0.39 is 5.97 Å². The van der Waals surface area contributed by atoms with Crippen molar-refractivity contribution in [3.63, 3.8) is 0 Å². The molecule has 3 aromatic carbocycles. The van der Waals surface area contributed by atoms with Crippen LogP contribution in [0.2, 0.25) is 0 Å². The Morgan fingerprint density at radius 1 is 1.03 bits per heavy atom. The van der Waals surface area contributed by atoms with Crippen LogP contribution in [0, 0.1) is 19.7 Å². The number of aromatic nitrogens is 1. The summed E-state index contributed by atoms with van der Waals surface area (Å²) in [5.41, 5.74) is 3.06. The Labute approximate surface area is 227 Å². The maximum absolute atomic E-state index is 13.2. The van der Waals surface area contributed by atoms with Gasteiger partial charge < -0.3 is 23.7 Å². The zero-order valence-electron chi connectivity index (χ0n) is 22.5. The number of carbonyl (C=O) groups is 1. The molecular formula is C31H32FNO6. The van der Waals surface area contributed by atoms with E-state index in [-0.39, 0.29) is 29.8 Å². The van der Waals surface area contributed by atoms with Crippen molar-refractivity contribution in [3.05, 3.63) is 94.6 Å². The lowest BCUT2D eigenvalue weighted by Gasteiger charge is -2.17. The van der Waals surface area contributed by atoms with Crippen molar-refractivity contribution in [2.45, 2.75) is 53.2 Å². The number of rotatable bonds is 12. The summed E-state index contributed by atoms with van der Waals surface area (Å²) in [5.74, 6) is 1.32. The fraction of sp³-hybridized carbons (Fsp3) is 0.290. The normalized spacial score (nSPS) is 11.7. The van der Waals surface area contributed by atoms with E-state index in [2.05, 4.69) is 4.98 Å². The molecule has 1 atom stereocenters. The number of ether oxygens (including phenoxy) is 3. The van der Waals surface area contributed by atoms with Crippen LogP contribution in [-0.4, -0.2) is 28.8 Å². The van der Waals surface area contributed by atoms with E-state index >= 15 is 0 Å². The van der Waals surface area contributed by atoms with E-state index in [4.69, 9.17) is 18.6 Å². The Hall–Kier alpha value is -4.33. The summed E-state index contributed by atoms with van der Waals surface area (Å²) in [6.07, 6.45) is 1.39. The Morgan fingerprint density at radius 3 is 2.41 bits per heavy atom. The third-order valence-corrected chi connectivity index (χ3v) is 6.31. The Kier molecular flexibility index (Phi) is 8.86. The maximum atomic E-state index is 13.2. The number of nitrogens with zero attached hydrogens (tertiary/aromatic N) is 1. The molecule has 0 radical (unpaired) electrons. The highest BCUT2D eigenvalue weighted by molar-refractivity contribution is 5.93. The smallest absolute Gasteiger partial charge is 0.339 e. The van der Waals surface area contributed by atoms with Crippen LogP contribution < -0.4 is 14.2 Å². The van der Waals surface area contributed by atoms with Gasteiger partial charge >= 0.3 is 5.97 Å². The molecule has 0 saturated carbocycles. The molecule has 0 spiro atoms. The number of halogens is 1. The van der Waals surface area contributed by atoms with Crippen molar-refractivity contribution in [1.82, 2.24) is 4.98 Å². The maximum Gasteiger partial charge on any atom is 0.339 e. The monoisotopic (exact) mass is 533 g/mol. The van der Waals surface area contributed by atoms with Crippen LogP contribution in [0.3, 0.4) is 0 Å². The molecule has 39 heavy (non-hydrogen) atoms. The minimum Gasteiger partial charge on any atom is -0.493 e. The minimum atomic E-state index is -1.05. The molecule has 8 heteroatoms. The molecule has 204 valence electrons. The molecular weight excluding hydrogens is 501 g/mol. The predicted molar refractivity (Wildman–Crippen MR) is 145 cm³/mol. The summed E-state index contributed by atoms with van der Waals surface area (Å²) >= 11 is 0. The first-order valence-corrected chi connectivity index (χ1v) is 12.8. The van der Waals surface area contributed by atoms with Crippen molar-refractivity contribution in [3.8, 4) is 28.7 Å². The molecule has 1 N–H and O–H groups in total. The lowest BCUT2D eigenvalue weighted by molar-refractivity contribution is 0.0690. The van der Waals surface area contributed by atoms with Gasteiger partial charge in [0.1, 0.15) is 41.0 Å². The second-order valence-electron chi connectivity index (χ2n) is 9.32. The Morgan fingerprint density at radius 2 is 1.74 bits per heavy atom. The first kappa shape index (κ1) is 27.7. The van der Waals surface area contributed by atoms with Crippen LogP contribution in [0.15, 0.2) is 65.1 Å². The van der Waals surface area contributed by atoms with Crippen molar-refractivity contribution < 1.29 is 32.9 Å². The van der Waals surface area contributed by atoms with Crippen LogP contribution in [0.4, 0.5) is 4.39 Å². The summed E-state index contributed by atoms with van der Waals surface area (Å²) < 4.78 is 36.6. The zero-order chi connectivity index (χ0) is 27.9. The second kappa shape index (κ2) is 12.5. The van der Waals surface area contributed by atoms with Crippen molar-refractivity contribution in [2.75, 3.05) is 6.61 Å². The standard InChI is InChI=1S/C31H32FNO6/c1-5-20(3)38-26-16-19(2)29(31(34)35)28(17-26)37-18-22-6-12-25(13-7-22)36-15-14-27-21(4)39-30(33-27)23-8-10-24(32)11-9-23/h6-13,16-17,20H,5,14-15,18H2,1-4H3,(H,34,35). The van der Waals surface area contributed by atoms with Gasteiger partial charge in [-0.25, -0.2) is 14.2 Å². The average Bonchev–Trinajstić information content (AvgIpc) is 3.28. The van der Waals surface area contributed by atoms with E-state index in [1.807, 2.05) is 45.0 Å². The van der Waals surface area contributed by atoms with Crippen molar-refractivity contribution >= 4 is 5.97 Å². The molecule has 0 bridgehead atoms. The molecule has 4 rings (SSSR count). The highest BCUT2D eigenvalue weighted by Gasteiger charge is 2.18. The lowest BCUT2D eigenvalue weighted by atomic mass is 10.1. The third kappa shape index (κ3) is 7.16. The van der Waals surface area contributed by atoms with Crippen LogP contribution >= 0.6 is 0 Å². The van der Waals surface area contributed by atoms with Crippen LogP contribution in [-0.2, 0) is 13.0 Å². The predicted octanol–water partition coefficient (Wildman–Crippen LogP) is 7.17. The molecule has 0 saturated heterocycles. The van der Waals surface area contributed by atoms with Gasteiger partial charge in [0.05, 0.1) is 18.4 Å². The first-order valence-electron chi connectivity index (χ1n) is 12.8. The summed E-state index contributed by atoms with van der Waals surface area (Å²) in [4.78, 5) is 16.4. The number of benzene rings is 3. The zero-order valence-corrected chi connectivity index (χ0v) is 22.5. The minimum absolute atomic E-state index is 0.00512. The third-order valence-electron chi connectivity index (χ3n) is 6.31. The van der Waals surface area contributed by atoms with Crippen LogP contribution in [0.1, 0.15) is 53.2 Å². The van der Waals surface area contributed by atoms with Gasteiger partial charge in [-0.2, -0.15) is 0 Å². The fourth-order valence-electron chi connectivity index (χ4n) is 3.98.